The van der Waals surface area contributed by atoms with Crippen molar-refractivity contribution in [1.82, 2.24) is 4.90 Å². The van der Waals surface area contributed by atoms with Gasteiger partial charge in [-0.1, -0.05) is 55.5 Å². The Morgan fingerprint density at radius 3 is 2.58 bits per heavy atom. The maximum atomic E-state index is 12.1. The molecule has 0 aliphatic carbocycles. The molecule has 0 saturated carbocycles. The van der Waals surface area contributed by atoms with Crippen molar-refractivity contribution in [2.75, 3.05) is 24.5 Å². The van der Waals surface area contributed by atoms with Crippen molar-refractivity contribution in [3.63, 3.8) is 0 Å². The number of nitrogens with zero attached hydrogens (tertiary/aromatic N) is 2. The molecule has 4 heteroatoms. The van der Waals surface area contributed by atoms with Crippen molar-refractivity contribution >= 4 is 11.8 Å². The van der Waals surface area contributed by atoms with Crippen LogP contribution in [0.25, 0.3) is 11.1 Å². The smallest absolute Gasteiger partial charge is 0.412 e. The molecule has 0 radical (unpaired) electrons. The average Bonchev–Trinajstić information content (AvgIpc) is 3.06. The predicted octanol–water partition coefficient (Wildman–Crippen LogP) is 4.24. The Labute approximate surface area is 143 Å². The summed E-state index contributed by atoms with van der Waals surface area (Å²) in [4.78, 5) is 16.0. The number of aryl methyl sites for hydroxylation is 1. The van der Waals surface area contributed by atoms with Crippen LogP contribution in [0, 0.1) is 6.92 Å². The van der Waals surface area contributed by atoms with E-state index >= 15 is 0 Å². The van der Waals surface area contributed by atoms with Gasteiger partial charge in [-0.05, 0) is 31.0 Å². The monoisotopic (exact) mass is 324 g/mol. The zero-order valence-corrected chi connectivity index (χ0v) is 14.3. The minimum atomic E-state index is -0.871. The van der Waals surface area contributed by atoms with E-state index in [2.05, 4.69) is 11.8 Å². The van der Waals surface area contributed by atoms with Gasteiger partial charge in [0.25, 0.3) is 0 Å². The van der Waals surface area contributed by atoms with Crippen LogP contribution in [0.2, 0.25) is 0 Å². The van der Waals surface area contributed by atoms with Gasteiger partial charge in [0.05, 0.1) is 11.7 Å². The maximum absolute atomic E-state index is 12.1. The van der Waals surface area contributed by atoms with Crippen LogP contribution in [0.4, 0.5) is 10.5 Å². The fraction of sp³-hybridized carbons (Fsp3) is 0.350. The molecule has 1 N–H and O–H groups in total. The number of rotatable bonds is 4. The van der Waals surface area contributed by atoms with Gasteiger partial charge in [0.1, 0.15) is 0 Å². The Balaban J connectivity index is 2.07. The summed E-state index contributed by atoms with van der Waals surface area (Å²) in [6, 6.07) is 16.0. The van der Waals surface area contributed by atoms with E-state index < -0.39 is 6.09 Å². The molecule has 1 unspecified atom stereocenters. The second-order valence-electron chi connectivity index (χ2n) is 6.33. The second-order valence-corrected chi connectivity index (χ2v) is 6.33. The van der Waals surface area contributed by atoms with E-state index in [-0.39, 0.29) is 6.04 Å². The Hall–Kier alpha value is -2.33. The molecule has 1 atom stereocenters. The molecule has 2 aromatic carbocycles. The third-order valence-electron chi connectivity index (χ3n) is 4.83. The molecule has 3 rings (SSSR count). The number of para-hydroxylation sites is 1. The van der Waals surface area contributed by atoms with Crippen LogP contribution in [0.3, 0.4) is 0 Å². The first-order valence-electron chi connectivity index (χ1n) is 8.51. The van der Waals surface area contributed by atoms with Gasteiger partial charge in [-0.3, -0.25) is 4.90 Å². The molecule has 0 aromatic heterocycles. The highest BCUT2D eigenvalue weighted by Gasteiger charge is 2.33. The molecular formula is C20H24N2O2. The van der Waals surface area contributed by atoms with Gasteiger partial charge in [-0.25, -0.2) is 4.79 Å². The van der Waals surface area contributed by atoms with Gasteiger partial charge in [-0.2, -0.15) is 0 Å². The summed E-state index contributed by atoms with van der Waals surface area (Å²) >= 11 is 0. The number of benzene rings is 2. The molecular weight excluding hydrogens is 300 g/mol. The quantitative estimate of drug-likeness (QED) is 0.915. The lowest BCUT2D eigenvalue weighted by Gasteiger charge is -2.30. The summed E-state index contributed by atoms with van der Waals surface area (Å²) < 4.78 is 0. The van der Waals surface area contributed by atoms with Crippen LogP contribution in [0.15, 0.2) is 48.5 Å². The standard InChI is InChI=1S/C20H24N2O2/c1-3-21-13-12-17(14-21)22(20(23)24)19-15(2)8-7-11-18(19)16-9-5-4-6-10-16/h4-11,17H,3,12-14H2,1-2H3,(H,23,24). The molecule has 4 nitrogen and oxygen atoms in total. The SMILES string of the molecule is CCN1CCC(N(C(=O)O)c2c(C)cccc2-c2ccccc2)C1. The second kappa shape index (κ2) is 7.05. The summed E-state index contributed by atoms with van der Waals surface area (Å²) in [5.74, 6) is 0. The number of carbonyl (C=O) groups is 1. The summed E-state index contributed by atoms with van der Waals surface area (Å²) in [6.07, 6.45) is 0.00679. The number of anilines is 1. The Morgan fingerprint density at radius 1 is 1.21 bits per heavy atom. The Morgan fingerprint density at radius 2 is 1.96 bits per heavy atom. The summed E-state index contributed by atoms with van der Waals surface area (Å²) in [5.41, 5.74) is 3.84. The molecule has 126 valence electrons. The topological polar surface area (TPSA) is 43.8 Å². The van der Waals surface area contributed by atoms with E-state index in [1.54, 1.807) is 4.90 Å². The lowest BCUT2D eigenvalue weighted by atomic mass is 9.98. The third-order valence-corrected chi connectivity index (χ3v) is 4.83. The van der Waals surface area contributed by atoms with Crippen LogP contribution in [0.1, 0.15) is 18.9 Å². The van der Waals surface area contributed by atoms with Crippen molar-refractivity contribution in [3.8, 4) is 11.1 Å². The first-order chi connectivity index (χ1) is 11.6. The zero-order chi connectivity index (χ0) is 17.1. The molecule has 0 bridgehead atoms. The molecule has 2 aromatic rings. The molecule has 1 saturated heterocycles. The minimum absolute atomic E-state index is 0.00557. The van der Waals surface area contributed by atoms with Crippen LogP contribution in [-0.2, 0) is 0 Å². The normalized spacial score (nSPS) is 17.8. The van der Waals surface area contributed by atoms with Crippen molar-refractivity contribution in [2.45, 2.75) is 26.3 Å². The van der Waals surface area contributed by atoms with Gasteiger partial charge in [0, 0.05) is 18.7 Å². The number of hydrogen-bond acceptors (Lipinski definition) is 2. The molecule has 1 amide bonds. The van der Waals surface area contributed by atoms with Crippen LogP contribution < -0.4 is 4.90 Å². The van der Waals surface area contributed by atoms with Gasteiger partial charge in [-0.15, -0.1) is 0 Å². The number of likely N-dealkylation sites (tertiary alicyclic amines) is 1. The highest BCUT2D eigenvalue weighted by atomic mass is 16.4. The third kappa shape index (κ3) is 3.15. The molecule has 1 heterocycles. The van der Waals surface area contributed by atoms with Crippen LogP contribution in [-0.4, -0.2) is 41.8 Å². The van der Waals surface area contributed by atoms with Gasteiger partial charge < -0.3 is 10.0 Å². The van der Waals surface area contributed by atoms with E-state index in [0.717, 1.165) is 48.4 Å². The molecule has 1 aliphatic rings. The maximum Gasteiger partial charge on any atom is 0.412 e. The fourth-order valence-electron chi connectivity index (χ4n) is 3.57. The number of hydrogen-bond donors (Lipinski definition) is 1. The van der Waals surface area contributed by atoms with Crippen LogP contribution in [0.5, 0.6) is 0 Å². The lowest BCUT2D eigenvalue weighted by Crippen LogP contribution is -2.42. The predicted molar refractivity (Wildman–Crippen MR) is 97.6 cm³/mol. The van der Waals surface area contributed by atoms with E-state index in [0.29, 0.717) is 0 Å². The molecule has 24 heavy (non-hydrogen) atoms. The molecule has 1 fully saturated rings. The summed E-state index contributed by atoms with van der Waals surface area (Å²) in [7, 11) is 0. The van der Waals surface area contributed by atoms with Gasteiger partial charge in [0.2, 0.25) is 0 Å². The summed E-state index contributed by atoms with van der Waals surface area (Å²) in [5, 5.41) is 9.95. The molecule has 0 spiro atoms. The number of likely N-dealkylation sites (N-methyl/N-ethyl adjacent to an activating group) is 1. The minimum Gasteiger partial charge on any atom is -0.465 e. The zero-order valence-electron chi connectivity index (χ0n) is 14.3. The van der Waals surface area contributed by atoms with Gasteiger partial charge in [0.15, 0.2) is 0 Å². The first-order valence-corrected chi connectivity index (χ1v) is 8.51. The van der Waals surface area contributed by atoms with E-state index in [4.69, 9.17) is 0 Å². The molecule has 1 aliphatic heterocycles. The Bertz CT molecular complexity index is 715. The lowest BCUT2D eigenvalue weighted by molar-refractivity contribution is 0.198. The van der Waals surface area contributed by atoms with Gasteiger partial charge >= 0.3 is 6.09 Å². The van der Waals surface area contributed by atoms with Crippen molar-refractivity contribution in [3.05, 3.63) is 54.1 Å². The summed E-state index contributed by atoms with van der Waals surface area (Å²) in [6.45, 7) is 6.83. The van der Waals surface area contributed by atoms with Crippen molar-refractivity contribution in [1.29, 1.82) is 0 Å². The number of carboxylic acid groups (broad SMARTS) is 1. The average molecular weight is 324 g/mol. The fourth-order valence-corrected chi connectivity index (χ4v) is 3.57. The van der Waals surface area contributed by atoms with Crippen molar-refractivity contribution < 1.29 is 9.90 Å². The van der Waals surface area contributed by atoms with E-state index in [1.165, 1.54) is 0 Å². The highest BCUT2D eigenvalue weighted by molar-refractivity contribution is 5.95. The van der Waals surface area contributed by atoms with E-state index in [9.17, 15) is 9.90 Å². The Kier molecular flexibility index (Phi) is 4.86. The highest BCUT2D eigenvalue weighted by Crippen LogP contribution is 2.36. The van der Waals surface area contributed by atoms with E-state index in [1.807, 2.05) is 55.5 Å². The van der Waals surface area contributed by atoms with Crippen LogP contribution >= 0.6 is 0 Å². The largest absolute Gasteiger partial charge is 0.465 e. The van der Waals surface area contributed by atoms with Crippen molar-refractivity contribution in [2.24, 2.45) is 0 Å². The first kappa shape index (κ1) is 16.5. The number of amides is 1.